The highest BCUT2D eigenvalue weighted by molar-refractivity contribution is 4.99. The van der Waals surface area contributed by atoms with Crippen molar-refractivity contribution in [3.63, 3.8) is 0 Å². The summed E-state index contributed by atoms with van der Waals surface area (Å²) in [5.74, 6) is 0. The molecule has 0 heterocycles. The molecule has 0 aromatic carbocycles. The molecule has 0 spiro atoms. The summed E-state index contributed by atoms with van der Waals surface area (Å²) in [6.45, 7) is 0. The van der Waals surface area contributed by atoms with E-state index in [1.54, 1.807) is 0 Å². The van der Waals surface area contributed by atoms with E-state index in [9.17, 15) is 0 Å². The Hall–Kier alpha value is -0.340. The van der Waals surface area contributed by atoms with Gasteiger partial charge in [-0.05, 0) is 32.1 Å². The Morgan fingerprint density at radius 2 is 1.85 bits per heavy atom. The summed E-state index contributed by atoms with van der Waals surface area (Å²) in [7, 11) is 0. The predicted molar refractivity (Wildman–Crippen MR) is 55.5 cm³/mol. The first-order chi connectivity index (χ1) is 6.34. The van der Waals surface area contributed by atoms with Crippen molar-refractivity contribution in [2.75, 3.05) is 0 Å². The van der Waals surface area contributed by atoms with Crippen LogP contribution in [0.5, 0.6) is 0 Å². The van der Waals surface area contributed by atoms with Gasteiger partial charge >= 0.3 is 0 Å². The first-order valence-electron chi connectivity index (χ1n) is 5.51. The number of nitrogens with one attached hydrogen (secondary N) is 1. The average Bonchev–Trinajstić information content (AvgIpc) is 2.57. The van der Waals surface area contributed by atoms with Gasteiger partial charge in [0.05, 0.1) is 0 Å². The maximum absolute atomic E-state index is 5.94. The highest BCUT2D eigenvalue weighted by Crippen LogP contribution is 2.19. The van der Waals surface area contributed by atoms with Gasteiger partial charge in [0.2, 0.25) is 0 Å². The molecule has 0 bridgehead atoms. The summed E-state index contributed by atoms with van der Waals surface area (Å²) in [5, 5.41) is 3.71. The maximum Gasteiger partial charge on any atom is 0.0139 e. The van der Waals surface area contributed by atoms with Crippen LogP contribution in [0.1, 0.15) is 38.5 Å². The Balaban J connectivity index is 1.74. The lowest BCUT2D eigenvalue weighted by Gasteiger charge is -2.29. The van der Waals surface area contributed by atoms with Gasteiger partial charge in [0, 0.05) is 18.1 Å². The molecule has 2 unspecified atom stereocenters. The Kier molecular flexibility index (Phi) is 3.01. The van der Waals surface area contributed by atoms with Crippen LogP contribution in [0.2, 0.25) is 0 Å². The Labute approximate surface area is 80.6 Å². The first kappa shape index (κ1) is 9.22. The average molecular weight is 180 g/mol. The summed E-state index contributed by atoms with van der Waals surface area (Å²) in [5.41, 5.74) is 5.94. The Morgan fingerprint density at radius 3 is 2.54 bits per heavy atom. The summed E-state index contributed by atoms with van der Waals surface area (Å²) in [6.07, 6.45) is 12.0. The van der Waals surface area contributed by atoms with E-state index in [2.05, 4.69) is 17.5 Å². The van der Waals surface area contributed by atoms with Gasteiger partial charge in [-0.15, -0.1) is 0 Å². The first-order valence-corrected chi connectivity index (χ1v) is 5.51. The van der Waals surface area contributed by atoms with Crippen LogP contribution in [-0.2, 0) is 0 Å². The largest absolute Gasteiger partial charge is 0.328 e. The van der Waals surface area contributed by atoms with Gasteiger partial charge in [0.25, 0.3) is 0 Å². The monoisotopic (exact) mass is 180 g/mol. The lowest BCUT2D eigenvalue weighted by molar-refractivity contribution is 0.314. The van der Waals surface area contributed by atoms with E-state index < -0.39 is 0 Å². The van der Waals surface area contributed by atoms with Gasteiger partial charge < -0.3 is 11.1 Å². The molecule has 2 nitrogen and oxygen atoms in total. The van der Waals surface area contributed by atoms with E-state index in [4.69, 9.17) is 5.73 Å². The van der Waals surface area contributed by atoms with Crippen molar-refractivity contribution in [1.29, 1.82) is 0 Å². The summed E-state index contributed by atoms with van der Waals surface area (Å²) in [6, 6.07) is 1.84. The van der Waals surface area contributed by atoms with Crippen LogP contribution in [0.3, 0.4) is 0 Å². The molecule has 3 N–H and O–H groups in total. The minimum Gasteiger partial charge on any atom is -0.328 e. The van der Waals surface area contributed by atoms with Crippen LogP contribution < -0.4 is 11.1 Å². The SMILES string of the molecule is NC1CCCC(NC2CC=CC2)C1. The minimum absolute atomic E-state index is 0.445. The number of hydrogen-bond donors (Lipinski definition) is 2. The highest BCUT2D eigenvalue weighted by atomic mass is 15.0. The molecule has 0 radical (unpaired) electrons. The van der Waals surface area contributed by atoms with Crippen molar-refractivity contribution in [3.05, 3.63) is 12.2 Å². The number of rotatable bonds is 2. The molecular weight excluding hydrogens is 160 g/mol. The van der Waals surface area contributed by atoms with Gasteiger partial charge in [-0.25, -0.2) is 0 Å². The molecule has 0 aliphatic heterocycles. The molecule has 2 aliphatic rings. The van der Waals surface area contributed by atoms with Crippen LogP contribution in [0.4, 0.5) is 0 Å². The van der Waals surface area contributed by atoms with Crippen molar-refractivity contribution < 1.29 is 0 Å². The van der Waals surface area contributed by atoms with E-state index in [-0.39, 0.29) is 0 Å². The van der Waals surface area contributed by atoms with Crippen LogP contribution in [0.25, 0.3) is 0 Å². The zero-order valence-electron chi connectivity index (χ0n) is 8.21. The quantitative estimate of drug-likeness (QED) is 0.633. The van der Waals surface area contributed by atoms with Gasteiger partial charge in [-0.2, -0.15) is 0 Å². The molecule has 74 valence electrons. The minimum atomic E-state index is 0.445. The summed E-state index contributed by atoms with van der Waals surface area (Å²) >= 11 is 0. The van der Waals surface area contributed by atoms with Gasteiger partial charge in [0.15, 0.2) is 0 Å². The summed E-state index contributed by atoms with van der Waals surface area (Å²) < 4.78 is 0. The van der Waals surface area contributed by atoms with Crippen molar-refractivity contribution in [2.45, 2.75) is 56.7 Å². The van der Waals surface area contributed by atoms with Crippen molar-refractivity contribution in [2.24, 2.45) is 5.73 Å². The zero-order chi connectivity index (χ0) is 9.10. The lowest BCUT2D eigenvalue weighted by Crippen LogP contribution is -2.43. The van der Waals surface area contributed by atoms with Gasteiger partial charge in [0.1, 0.15) is 0 Å². The fourth-order valence-corrected chi connectivity index (χ4v) is 2.47. The van der Waals surface area contributed by atoms with Crippen LogP contribution in [0.15, 0.2) is 12.2 Å². The third-order valence-electron chi connectivity index (χ3n) is 3.19. The van der Waals surface area contributed by atoms with Crippen molar-refractivity contribution in [1.82, 2.24) is 5.32 Å². The van der Waals surface area contributed by atoms with E-state index in [0.717, 1.165) is 0 Å². The van der Waals surface area contributed by atoms with Crippen LogP contribution in [-0.4, -0.2) is 18.1 Å². The molecule has 2 rings (SSSR count). The summed E-state index contributed by atoms with van der Waals surface area (Å²) in [4.78, 5) is 0. The zero-order valence-corrected chi connectivity index (χ0v) is 8.21. The third-order valence-corrected chi connectivity index (χ3v) is 3.19. The molecule has 0 saturated heterocycles. The Morgan fingerprint density at radius 1 is 1.08 bits per heavy atom. The normalized spacial score (nSPS) is 35.5. The topological polar surface area (TPSA) is 38.0 Å². The van der Waals surface area contributed by atoms with E-state index >= 15 is 0 Å². The lowest BCUT2D eigenvalue weighted by atomic mass is 9.91. The molecule has 2 atom stereocenters. The van der Waals surface area contributed by atoms with E-state index in [1.165, 1.54) is 38.5 Å². The van der Waals surface area contributed by atoms with E-state index in [0.29, 0.717) is 18.1 Å². The van der Waals surface area contributed by atoms with Crippen molar-refractivity contribution in [3.8, 4) is 0 Å². The molecule has 1 saturated carbocycles. The second-order valence-corrected chi connectivity index (χ2v) is 4.43. The second-order valence-electron chi connectivity index (χ2n) is 4.43. The molecule has 2 heteroatoms. The molecule has 1 fully saturated rings. The fourth-order valence-electron chi connectivity index (χ4n) is 2.47. The molecule has 13 heavy (non-hydrogen) atoms. The number of hydrogen-bond acceptors (Lipinski definition) is 2. The molecule has 0 amide bonds. The highest BCUT2D eigenvalue weighted by Gasteiger charge is 2.21. The maximum atomic E-state index is 5.94. The smallest absolute Gasteiger partial charge is 0.0139 e. The molecular formula is C11H20N2. The van der Waals surface area contributed by atoms with Gasteiger partial charge in [-0.3, -0.25) is 0 Å². The van der Waals surface area contributed by atoms with Crippen molar-refractivity contribution >= 4 is 0 Å². The van der Waals surface area contributed by atoms with Crippen LogP contribution in [0, 0.1) is 0 Å². The molecule has 2 aliphatic carbocycles. The Bertz CT molecular complexity index is 181. The van der Waals surface area contributed by atoms with Crippen LogP contribution >= 0.6 is 0 Å². The molecule has 0 aromatic heterocycles. The van der Waals surface area contributed by atoms with E-state index in [1.807, 2.05) is 0 Å². The second kappa shape index (κ2) is 4.25. The third kappa shape index (κ3) is 2.55. The fraction of sp³-hybridized carbons (Fsp3) is 0.818. The van der Waals surface area contributed by atoms with Gasteiger partial charge in [-0.1, -0.05) is 18.6 Å². The number of nitrogens with two attached hydrogens (primary N) is 1. The molecule has 0 aromatic rings. The standard InChI is InChI=1S/C11H20N2/c12-9-4-3-7-11(8-9)13-10-5-1-2-6-10/h1-2,9-11,13H,3-8,12H2. The predicted octanol–water partition coefficient (Wildman–Crippen LogP) is 1.56.